The molecule has 166 valence electrons. The molecule has 6 heteroatoms. The van der Waals surface area contributed by atoms with Crippen LogP contribution in [0.15, 0.2) is 71.4 Å². The van der Waals surface area contributed by atoms with Gasteiger partial charge in [-0.2, -0.15) is 0 Å². The molecule has 0 N–H and O–H groups in total. The zero-order chi connectivity index (χ0) is 23.3. The van der Waals surface area contributed by atoms with Gasteiger partial charge >= 0.3 is 5.97 Å². The third-order valence-corrected chi connectivity index (χ3v) is 4.62. The van der Waals surface area contributed by atoms with Crippen molar-refractivity contribution >= 4 is 35.6 Å². The highest BCUT2D eigenvalue weighted by atomic mass is 16.6. The van der Waals surface area contributed by atoms with Crippen LogP contribution in [-0.2, 0) is 14.3 Å². The van der Waals surface area contributed by atoms with Crippen molar-refractivity contribution in [1.29, 1.82) is 0 Å². The Labute approximate surface area is 189 Å². The Bertz CT molecular complexity index is 1060. The van der Waals surface area contributed by atoms with Crippen molar-refractivity contribution < 1.29 is 14.3 Å². The van der Waals surface area contributed by atoms with E-state index in [-0.39, 0.29) is 18.1 Å². The second-order valence-corrected chi connectivity index (χ2v) is 8.71. The van der Waals surface area contributed by atoms with Gasteiger partial charge in [0.1, 0.15) is 23.7 Å². The van der Waals surface area contributed by atoms with E-state index in [0.29, 0.717) is 5.84 Å². The quantitative estimate of drug-likeness (QED) is 0.503. The maximum atomic E-state index is 13.1. The fourth-order valence-electron chi connectivity index (χ4n) is 3.11. The molecule has 32 heavy (non-hydrogen) atoms. The van der Waals surface area contributed by atoms with Gasteiger partial charge in [0.05, 0.1) is 0 Å². The lowest BCUT2D eigenvalue weighted by Crippen LogP contribution is -2.39. The second-order valence-electron chi connectivity index (χ2n) is 8.71. The number of hydrogen-bond donors (Lipinski definition) is 0. The molecule has 0 saturated heterocycles. The van der Waals surface area contributed by atoms with Gasteiger partial charge in [0, 0.05) is 19.8 Å². The van der Waals surface area contributed by atoms with Crippen LogP contribution in [0.2, 0.25) is 0 Å². The smallest absolute Gasteiger partial charge is 0.326 e. The van der Waals surface area contributed by atoms with E-state index in [9.17, 15) is 9.59 Å². The first-order chi connectivity index (χ1) is 15.1. The average molecular weight is 432 g/mol. The molecule has 0 bridgehead atoms. The number of rotatable bonds is 6. The molecule has 0 atom stereocenters. The van der Waals surface area contributed by atoms with Crippen molar-refractivity contribution in [2.24, 2.45) is 4.99 Å². The first-order valence-corrected chi connectivity index (χ1v) is 10.5. The maximum Gasteiger partial charge on any atom is 0.326 e. The summed E-state index contributed by atoms with van der Waals surface area (Å²) in [6.07, 6.45) is 5.34. The van der Waals surface area contributed by atoms with E-state index in [4.69, 9.17) is 4.74 Å². The standard InChI is InChI=1S/C26H29N3O3/c1-26(2,3)32-24(30)18-29-23(16-13-19-9-7-6-8-10-19)27-22(25(29)31)17-20-11-14-21(15-12-20)28(4)5/h6-17H,18H2,1-5H3/b16-13+,22-17-. The Hall–Kier alpha value is -3.67. The summed E-state index contributed by atoms with van der Waals surface area (Å²) in [4.78, 5) is 33.4. The van der Waals surface area contributed by atoms with Gasteiger partial charge in [0.15, 0.2) is 0 Å². The lowest BCUT2D eigenvalue weighted by Gasteiger charge is -2.22. The molecule has 2 aromatic carbocycles. The van der Waals surface area contributed by atoms with E-state index in [1.165, 1.54) is 4.90 Å². The number of carbonyl (C=O) groups is 2. The van der Waals surface area contributed by atoms with E-state index < -0.39 is 11.6 Å². The van der Waals surface area contributed by atoms with E-state index in [1.807, 2.05) is 79.7 Å². The number of esters is 1. The van der Waals surface area contributed by atoms with Gasteiger partial charge < -0.3 is 9.64 Å². The van der Waals surface area contributed by atoms with Gasteiger partial charge in [-0.05, 0) is 56.2 Å². The molecular weight excluding hydrogens is 402 g/mol. The molecule has 1 heterocycles. The summed E-state index contributed by atoms with van der Waals surface area (Å²) in [5.41, 5.74) is 2.53. The van der Waals surface area contributed by atoms with E-state index in [1.54, 1.807) is 32.9 Å². The number of anilines is 1. The van der Waals surface area contributed by atoms with Crippen LogP contribution >= 0.6 is 0 Å². The van der Waals surface area contributed by atoms with Crippen molar-refractivity contribution in [3.63, 3.8) is 0 Å². The first-order valence-electron chi connectivity index (χ1n) is 10.5. The molecule has 0 unspecified atom stereocenters. The highest BCUT2D eigenvalue weighted by molar-refractivity contribution is 6.19. The van der Waals surface area contributed by atoms with Crippen LogP contribution < -0.4 is 4.90 Å². The number of aliphatic imine (C=N–C) groups is 1. The zero-order valence-corrected chi connectivity index (χ0v) is 19.2. The first kappa shape index (κ1) is 23.0. The van der Waals surface area contributed by atoms with Crippen molar-refractivity contribution in [2.45, 2.75) is 26.4 Å². The fraction of sp³-hybridized carbons (Fsp3) is 0.269. The molecule has 1 aliphatic heterocycles. The Kier molecular flexibility index (Phi) is 6.93. The van der Waals surface area contributed by atoms with Gasteiger partial charge in [0.25, 0.3) is 5.91 Å². The molecule has 2 aromatic rings. The monoisotopic (exact) mass is 431 g/mol. The van der Waals surface area contributed by atoms with Crippen molar-refractivity contribution in [1.82, 2.24) is 4.90 Å². The number of nitrogens with zero attached hydrogens (tertiary/aromatic N) is 3. The van der Waals surface area contributed by atoms with Gasteiger partial charge in [-0.3, -0.25) is 14.5 Å². The molecule has 6 nitrogen and oxygen atoms in total. The lowest BCUT2D eigenvalue weighted by atomic mass is 10.1. The minimum atomic E-state index is -0.635. The minimum absolute atomic E-state index is 0.203. The van der Waals surface area contributed by atoms with Crippen LogP contribution in [0.4, 0.5) is 5.69 Å². The van der Waals surface area contributed by atoms with Gasteiger partial charge in [0.2, 0.25) is 0 Å². The van der Waals surface area contributed by atoms with E-state index >= 15 is 0 Å². The summed E-state index contributed by atoms with van der Waals surface area (Å²) in [5.74, 6) is -0.413. The summed E-state index contributed by atoms with van der Waals surface area (Å²) < 4.78 is 5.41. The predicted molar refractivity (Wildman–Crippen MR) is 129 cm³/mol. The largest absolute Gasteiger partial charge is 0.459 e. The van der Waals surface area contributed by atoms with Crippen molar-refractivity contribution in [3.8, 4) is 0 Å². The lowest BCUT2D eigenvalue weighted by molar-refractivity contribution is -0.156. The normalized spacial score (nSPS) is 15.4. The minimum Gasteiger partial charge on any atom is -0.459 e. The number of amides is 1. The zero-order valence-electron chi connectivity index (χ0n) is 19.2. The third-order valence-electron chi connectivity index (χ3n) is 4.62. The Morgan fingerprint density at radius 2 is 1.66 bits per heavy atom. The average Bonchev–Trinajstić information content (AvgIpc) is 3.01. The summed E-state index contributed by atoms with van der Waals surface area (Å²) in [7, 11) is 3.94. The second kappa shape index (κ2) is 9.64. The van der Waals surface area contributed by atoms with E-state index in [0.717, 1.165) is 16.8 Å². The number of ether oxygens (including phenoxy) is 1. The molecule has 0 spiro atoms. The van der Waals surface area contributed by atoms with Crippen LogP contribution in [0.25, 0.3) is 12.2 Å². The molecule has 3 rings (SSSR count). The molecular formula is C26H29N3O3. The summed E-state index contributed by atoms with van der Waals surface area (Å²) in [5, 5.41) is 0. The SMILES string of the molecule is CN(C)c1ccc(/C=C2N=C(/C=C/c3ccccc3)N(CC(=O)OC(C)(C)C)C\2=O)cc1. The number of amidine groups is 1. The molecule has 0 fully saturated rings. The van der Waals surface area contributed by atoms with Crippen LogP contribution in [0.5, 0.6) is 0 Å². The summed E-state index contributed by atoms with van der Waals surface area (Å²) >= 11 is 0. The molecule has 0 saturated carbocycles. The van der Waals surface area contributed by atoms with Gasteiger partial charge in [-0.15, -0.1) is 0 Å². The van der Waals surface area contributed by atoms with Crippen molar-refractivity contribution in [2.75, 3.05) is 25.5 Å². The number of hydrogen-bond acceptors (Lipinski definition) is 5. The van der Waals surface area contributed by atoms with Gasteiger partial charge in [-0.1, -0.05) is 48.5 Å². The topological polar surface area (TPSA) is 62.2 Å². The number of carbonyl (C=O) groups excluding carboxylic acids is 2. The Morgan fingerprint density at radius 1 is 1.00 bits per heavy atom. The molecule has 1 amide bonds. The summed E-state index contributed by atoms with van der Waals surface area (Å²) in [6, 6.07) is 17.5. The van der Waals surface area contributed by atoms with Crippen LogP contribution in [0.1, 0.15) is 31.9 Å². The molecule has 0 aliphatic carbocycles. The predicted octanol–water partition coefficient (Wildman–Crippen LogP) is 4.39. The highest BCUT2D eigenvalue weighted by Crippen LogP contribution is 2.22. The molecule has 0 radical (unpaired) electrons. The van der Waals surface area contributed by atoms with Crippen molar-refractivity contribution in [3.05, 3.63) is 77.5 Å². The van der Waals surface area contributed by atoms with Crippen LogP contribution in [0.3, 0.4) is 0 Å². The van der Waals surface area contributed by atoms with Gasteiger partial charge in [-0.25, -0.2) is 4.99 Å². The third kappa shape index (κ3) is 6.17. The van der Waals surface area contributed by atoms with Crippen LogP contribution in [-0.4, -0.2) is 48.9 Å². The number of benzene rings is 2. The molecule has 0 aromatic heterocycles. The highest BCUT2D eigenvalue weighted by Gasteiger charge is 2.32. The Balaban J connectivity index is 1.89. The molecule has 1 aliphatic rings. The van der Waals surface area contributed by atoms with E-state index in [2.05, 4.69) is 4.99 Å². The maximum absolute atomic E-state index is 13.1. The Morgan fingerprint density at radius 3 is 2.25 bits per heavy atom. The summed E-state index contributed by atoms with van der Waals surface area (Å²) in [6.45, 7) is 5.18. The fourth-order valence-corrected chi connectivity index (χ4v) is 3.11. The van der Waals surface area contributed by atoms with Crippen LogP contribution in [0, 0.1) is 0 Å².